The molecule has 3 N–H and O–H groups in total. The van der Waals surface area contributed by atoms with Gasteiger partial charge in [-0.2, -0.15) is 0 Å². The number of hydrogen-bond donors (Lipinski definition) is 2. The first-order valence-corrected chi connectivity index (χ1v) is 7.17. The van der Waals surface area contributed by atoms with Crippen molar-refractivity contribution in [1.82, 2.24) is 5.32 Å². The zero-order valence-corrected chi connectivity index (χ0v) is 10.8. The summed E-state index contributed by atoms with van der Waals surface area (Å²) >= 11 is 0. The lowest BCUT2D eigenvalue weighted by molar-refractivity contribution is 0.245. The van der Waals surface area contributed by atoms with Gasteiger partial charge in [0.15, 0.2) is 0 Å². The van der Waals surface area contributed by atoms with Crippen LogP contribution >= 0.6 is 0 Å². The van der Waals surface area contributed by atoms with E-state index in [1.807, 2.05) is 0 Å². The van der Waals surface area contributed by atoms with Gasteiger partial charge in [-0.1, -0.05) is 12.8 Å². The van der Waals surface area contributed by atoms with Crippen molar-refractivity contribution in [2.75, 3.05) is 13.1 Å². The maximum atomic E-state index is 5.73. The number of nitrogens with one attached hydrogen (secondary N) is 1. The Bertz CT molecular complexity index is 201. The Hall–Kier alpha value is -0.0800. The van der Waals surface area contributed by atoms with E-state index < -0.39 is 0 Å². The highest BCUT2D eigenvalue weighted by atomic mass is 15.0. The van der Waals surface area contributed by atoms with Gasteiger partial charge in [-0.3, -0.25) is 0 Å². The summed E-state index contributed by atoms with van der Waals surface area (Å²) in [5.41, 5.74) is 6.19. The summed E-state index contributed by atoms with van der Waals surface area (Å²) in [6.45, 7) is 4.55. The Kier molecular flexibility index (Phi) is 4.26. The van der Waals surface area contributed by atoms with Crippen molar-refractivity contribution in [1.29, 1.82) is 0 Å². The number of rotatable bonds is 4. The molecule has 0 unspecified atom stereocenters. The summed E-state index contributed by atoms with van der Waals surface area (Å²) in [6, 6.07) is 0. The Labute approximate surface area is 100 Å². The number of nitrogens with two attached hydrogens (primary N) is 1. The Morgan fingerprint density at radius 2 is 1.62 bits per heavy atom. The smallest absolute Gasteiger partial charge is 0.0153 e. The largest absolute Gasteiger partial charge is 0.330 e. The van der Waals surface area contributed by atoms with Crippen LogP contribution in [0.3, 0.4) is 0 Å². The molecule has 2 aliphatic carbocycles. The molecular weight excluding hydrogens is 196 g/mol. The Morgan fingerprint density at radius 1 is 1.06 bits per heavy atom. The van der Waals surface area contributed by atoms with Crippen molar-refractivity contribution in [3.8, 4) is 0 Å². The molecule has 0 aliphatic heterocycles. The molecule has 2 nitrogen and oxygen atoms in total. The van der Waals surface area contributed by atoms with Gasteiger partial charge in [0.05, 0.1) is 0 Å². The summed E-state index contributed by atoms with van der Waals surface area (Å²) in [7, 11) is 0. The third kappa shape index (κ3) is 3.21. The van der Waals surface area contributed by atoms with Crippen molar-refractivity contribution < 1.29 is 0 Å². The fraction of sp³-hybridized carbons (Fsp3) is 1.00. The molecule has 2 saturated carbocycles. The summed E-state index contributed by atoms with van der Waals surface area (Å²) in [4.78, 5) is 0. The molecule has 0 atom stereocenters. The standard InChI is InChI=1S/C14H28N2/c1-14(8-2-3-9-14)16-11-13-6-4-12(10-15)5-7-13/h12-13,16H,2-11,15H2,1H3. The van der Waals surface area contributed by atoms with Crippen LogP contribution in [0.5, 0.6) is 0 Å². The van der Waals surface area contributed by atoms with Crippen LogP contribution in [0.2, 0.25) is 0 Å². The topological polar surface area (TPSA) is 38.0 Å². The molecule has 0 heterocycles. The molecule has 2 rings (SSSR count). The van der Waals surface area contributed by atoms with Gasteiger partial charge in [-0.15, -0.1) is 0 Å². The Morgan fingerprint density at radius 3 is 2.19 bits per heavy atom. The lowest BCUT2D eigenvalue weighted by Crippen LogP contribution is -2.42. The van der Waals surface area contributed by atoms with Crippen LogP contribution in [0, 0.1) is 11.8 Å². The minimum atomic E-state index is 0.463. The molecule has 0 aromatic carbocycles. The minimum Gasteiger partial charge on any atom is -0.330 e. The van der Waals surface area contributed by atoms with Crippen LogP contribution in [-0.2, 0) is 0 Å². The van der Waals surface area contributed by atoms with Gasteiger partial charge in [-0.25, -0.2) is 0 Å². The van der Waals surface area contributed by atoms with Gasteiger partial charge in [0.1, 0.15) is 0 Å². The van der Waals surface area contributed by atoms with Gasteiger partial charge < -0.3 is 11.1 Å². The SMILES string of the molecule is CC1(NCC2CCC(CN)CC2)CCCC1. The zero-order valence-electron chi connectivity index (χ0n) is 10.8. The highest BCUT2D eigenvalue weighted by Gasteiger charge is 2.29. The van der Waals surface area contributed by atoms with Gasteiger partial charge >= 0.3 is 0 Å². The second-order valence-electron chi connectivity index (χ2n) is 6.27. The van der Waals surface area contributed by atoms with E-state index >= 15 is 0 Å². The van der Waals surface area contributed by atoms with E-state index in [4.69, 9.17) is 5.73 Å². The van der Waals surface area contributed by atoms with Crippen LogP contribution in [0.25, 0.3) is 0 Å². The van der Waals surface area contributed by atoms with E-state index in [2.05, 4.69) is 12.2 Å². The maximum Gasteiger partial charge on any atom is 0.0153 e. The lowest BCUT2D eigenvalue weighted by atomic mass is 9.81. The molecule has 0 radical (unpaired) electrons. The second-order valence-corrected chi connectivity index (χ2v) is 6.27. The van der Waals surface area contributed by atoms with Gasteiger partial charge in [0.2, 0.25) is 0 Å². The van der Waals surface area contributed by atoms with Gasteiger partial charge in [0, 0.05) is 5.54 Å². The summed E-state index contributed by atoms with van der Waals surface area (Å²) in [5.74, 6) is 1.73. The van der Waals surface area contributed by atoms with Gasteiger partial charge in [0.25, 0.3) is 0 Å². The van der Waals surface area contributed by atoms with Crippen molar-refractivity contribution in [3.05, 3.63) is 0 Å². The molecule has 0 amide bonds. The zero-order chi connectivity index (χ0) is 11.4. The van der Waals surface area contributed by atoms with Crippen LogP contribution < -0.4 is 11.1 Å². The fourth-order valence-electron chi connectivity index (χ4n) is 3.39. The molecule has 2 aliphatic rings. The van der Waals surface area contributed by atoms with E-state index in [0.717, 1.165) is 18.4 Å². The van der Waals surface area contributed by atoms with Crippen molar-refractivity contribution in [2.24, 2.45) is 17.6 Å². The van der Waals surface area contributed by atoms with Crippen molar-refractivity contribution >= 4 is 0 Å². The fourth-order valence-corrected chi connectivity index (χ4v) is 3.39. The molecule has 0 bridgehead atoms. The summed E-state index contributed by atoms with van der Waals surface area (Å²) < 4.78 is 0. The molecule has 2 fully saturated rings. The summed E-state index contributed by atoms with van der Waals surface area (Å²) in [5, 5.41) is 3.83. The van der Waals surface area contributed by atoms with Crippen LogP contribution in [0.15, 0.2) is 0 Å². The molecule has 16 heavy (non-hydrogen) atoms. The van der Waals surface area contributed by atoms with Crippen molar-refractivity contribution in [3.63, 3.8) is 0 Å². The number of hydrogen-bond acceptors (Lipinski definition) is 2. The van der Waals surface area contributed by atoms with E-state index in [1.165, 1.54) is 57.9 Å². The Balaban J connectivity index is 1.67. The van der Waals surface area contributed by atoms with E-state index in [0.29, 0.717) is 5.54 Å². The first-order valence-electron chi connectivity index (χ1n) is 7.17. The molecule has 94 valence electrons. The lowest BCUT2D eigenvalue weighted by Gasteiger charge is -2.32. The molecule has 0 aromatic heterocycles. The third-order valence-corrected chi connectivity index (χ3v) is 4.82. The average molecular weight is 224 g/mol. The average Bonchev–Trinajstić information content (AvgIpc) is 2.75. The second kappa shape index (κ2) is 5.50. The first kappa shape index (κ1) is 12.4. The molecule has 0 saturated heterocycles. The van der Waals surface area contributed by atoms with Crippen LogP contribution in [-0.4, -0.2) is 18.6 Å². The predicted molar refractivity (Wildman–Crippen MR) is 69.4 cm³/mol. The quantitative estimate of drug-likeness (QED) is 0.770. The maximum absolute atomic E-state index is 5.73. The predicted octanol–water partition coefficient (Wildman–Crippen LogP) is 2.67. The molecule has 0 aromatic rings. The molecule has 0 spiro atoms. The summed E-state index contributed by atoms with van der Waals surface area (Å²) in [6.07, 6.45) is 11.1. The van der Waals surface area contributed by atoms with Crippen LogP contribution in [0.4, 0.5) is 0 Å². The van der Waals surface area contributed by atoms with E-state index in [1.54, 1.807) is 0 Å². The normalized spacial score (nSPS) is 34.1. The molecular formula is C14H28N2. The van der Waals surface area contributed by atoms with E-state index in [-0.39, 0.29) is 0 Å². The highest BCUT2D eigenvalue weighted by Crippen LogP contribution is 2.31. The van der Waals surface area contributed by atoms with Crippen molar-refractivity contribution in [2.45, 2.75) is 63.8 Å². The monoisotopic (exact) mass is 224 g/mol. The van der Waals surface area contributed by atoms with Crippen LogP contribution in [0.1, 0.15) is 58.3 Å². The first-order chi connectivity index (χ1) is 7.72. The minimum absolute atomic E-state index is 0.463. The van der Waals surface area contributed by atoms with E-state index in [9.17, 15) is 0 Å². The molecule has 2 heteroatoms. The van der Waals surface area contributed by atoms with Gasteiger partial charge in [-0.05, 0) is 70.4 Å². The third-order valence-electron chi connectivity index (χ3n) is 4.82. The highest BCUT2D eigenvalue weighted by molar-refractivity contribution is 4.89.